The molecule has 1 rings (SSSR count). The van der Waals surface area contributed by atoms with Crippen LogP contribution in [0.1, 0.15) is 25.8 Å². The highest BCUT2D eigenvalue weighted by Crippen LogP contribution is 2.10. The van der Waals surface area contributed by atoms with Crippen LogP contribution in [0.25, 0.3) is 0 Å². The number of ether oxygens (including phenoxy) is 2. The van der Waals surface area contributed by atoms with E-state index in [0.717, 1.165) is 37.6 Å². The highest BCUT2D eigenvalue weighted by atomic mass is 127. The first-order chi connectivity index (χ1) is 10.3. The number of pyridine rings is 1. The van der Waals surface area contributed by atoms with Gasteiger partial charge in [0.15, 0.2) is 5.96 Å². The van der Waals surface area contributed by atoms with Crippen LogP contribution in [-0.2, 0) is 11.3 Å². The molecule has 22 heavy (non-hydrogen) atoms. The quantitative estimate of drug-likeness (QED) is 0.277. The number of hydrogen-bond donors (Lipinski definition) is 2. The third-order valence-corrected chi connectivity index (χ3v) is 2.67. The lowest BCUT2D eigenvalue weighted by molar-refractivity contribution is 0.195. The maximum atomic E-state index is 5.39. The number of nitrogens with zero attached hydrogens (tertiary/aromatic N) is 2. The summed E-state index contributed by atoms with van der Waals surface area (Å²) < 4.78 is 10.4. The number of hydrogen-bond acceptors (Lipinski definition) is 4. The third kappa shape index (κ3) is 9.04. The van der Waals surface area contributed by atoms with Gasteiger partial charge in [-0.1, -0.05) is 0 Å². The largest absolute Gasteiger partial charge is 0.478 e. The predicted octanol–water partition coefficient (Wildman–Crippen LogP) is 2.19. The molecule has 1 aromatic rings. The lowest BCUT2D eigenvalue weighted by atomic mass is 10.3. The van der Waals surface area contributed by atoms with Crippen LogP contribution in [0.5, 0.6) is 5.88 Å². The third-order valence-electron chi connectivity index (χ3n) is 2.67. The van der Waals surface area contributed by atoms with E-state index in [9.17, 15) is 0 Å². The molecule has 0 atom stereocenters. The van der Waals surface area contributed by atoms with Crippen LogP contribution in [0.4, 0.5) is 0 Å². The van der Waals surface area contributed by atoms with E-state index in [1.807, 2.05) is 26.0 Å². The van der Waals surface area contributed by atoms with E-state index in [4.69, 9.17) is 9.47 Å². The fraction of sp³-hybridized carbons (Fsp3) is 0.600. The molecule has 7 heteroatoms. The van der Waals surface area contributed by atoms with Gasteiger partial charge in [-0.2, -0.15) is 0 Å². The Morgan fingerprint density at radius 3 is 2.82 bits per heavy atom. The molecule has 0 radical (unpaired) electrons. The summed E-state index contributed by atoms with van der Waals surface area (Å²) in [6.45, 7) is 7.60. The van der Waals surface area contributed by atoms with E-state index < -0.39 is 0 Å². The van der Waals surface area contributed by atoms with E-state index >= 15 is 0 Å². The van der Waals surface area contributed by atoms with Crippen molar-refractivity contribution in [2.24, 2.45) is 4.99 Å². The van der Waals surface area contributed by atoms with Gasteiger partial charge in [0.1, 0.15) is 0 Å². The number of aromatic nitrogens is 1. The molecule has 0 unspecified atom stereocenters. The second-order valence-electron chi connectivity index (χ2n) is 4.40. The van der Waals surface area contributed by atoms with Gasteiger partial charge in [0.25, 0.3) is 0 Å². The van der Waals surface area contributed by atoms with Crippen molar-refractivity contribution in [2.45, 2.75) is 26.8 Å². The fourth-order valence-corrected chi connectivity index (χ4v) is 1.71. The number of nitrogens with one attached hydrogen (secondary N) is 2. The zero-order valence-electron chi connectivity index (χ0n) is 13.6. The normalized spacial score (nSPS) is 10.8. The first-order valence-electron chi connectivity index (χ1n) is 7.39. The minimum absolute atomic E-state index is 0. The average molecular weight is 422 g/mol. The summed E-state index contributed by atoms with van der Waals surface area (Å²) in [7, 11) is 1.71. The molecule has 0 aliphatic heterocycles. The Hall–Kier alpha value is -1.09. The second kappa shape index (κ2) is 13.6. The van der Waals surface area contributed by atoms with E-state index in [1.54, 1.807) is 13.3 Å². The second-order valence-corrected chi connectivity index (χ2v) is 4.40. The van der Waals surface area contributed by atoms with Crippen molar-refractivity contribution in [3.8, 4) is 5.88 Å². The summed E-state index contributed by atoms with van der Waals surface area (Å²) in [6.07, 6.45) is 2.69. The molecular weight excluding hydrogens is 395 g/mol. The summed E-state index contributed by atoms with van der Waals surface area (Å²) in [5.74, 6) is 1.45. The zero-order valence-corrected chi connectivity index (χ0v) is 15.9. The van der Waals surface area contributed by atoms with Crippen molar-refractivity contribution in [3.05, 3.63) is 23.9 Å². The smallest absolute Gasteiger partial charge is 0.213 e. The average Bonchev–Trinajstić information content (AvgIpc) is 2.50. The molecule has 6 nitrogen and oxygen atoms in total. The van der Waals surface area contributed by atoms with Crippen LogP contribution in [0.3, 0.4) is 0 Å². The van der Waals surface area contributed by atoms with E-state index in [1.165, 1.54) is 0 Å². The summed E-state index contributed by atoms with van der Waals surface area (Å²) in [5.41, 5.74) is 1.07. The Balaban J connectivity index is 0.00000441. The molecule has 0 spiro atoms. The van der Waals surface area contributed by atoms with Crippen LogP contribution in [0, 0.1) is 0 Å². The minimum atomic E-state index is 0. The lowest BCUT2D eigenvalue weighted by Gasteiger charge is -2.11. The maximum Gasteiger partial charge on any atom is 0.213 e. The number of halogens is 1. The fourth-order valence-electron chi connectivity index (χ4n) is 1.71. The number of guanidine groups is 1. The summed E-state index contributed by atoms with van der Waals surface area (Å²) >= 11 is 0. The standard InChI is InChI=1S/C15H26N4O2.HI/c1-4-16-15(18-8-6-10-20-3)19-12-13-7-9-17-14(11-13)21-5-2;/h7,9,11H,4-6,8,10,12H2,1-3H3,(H2,16,18,19);1H. The molecule has 0 aliphatic rings. The molecule has 0 amide bonds. The van der Waals surface area contributed by atoms with Crippen molar-refractivity contribution >= 4 is 29.9 Å². The molecule has 2 N–H and O–H groups in total. The molecule has 1 aromatic heterocycles. The van der Waals surface area contributed by atoms with E-state index in [2.05, 4.69) is 20.6 Å². The van der Waals surface area contributed by atoms with Crippen molar-refractivity contribution < 1.29 is 9.47 Å². The first kappa shape index (κ1) is 20.9. The maximum absolute atomic E-state index is 5.39. The molecule has 126 valence electrons. The van der Waals surface area contributed by atoms with Gasteiger partial charge in [0, 0.05) is 39.1 Å². The highest BCUT2D eigenvalue weighted by Gasteiger charge is 1.99. The predicted molar refractivity (Wildman–Crippen MR) is 100 cm³/mol. The SMILES string of the molecule is CCNC(=NCc1ccnc(OCC)c1)NCCCOC.I. The minimum Gasteiger partial charge on any atom is -0.478 e. The molecule has 1 heterocycles. The van der Waals surface area contributed by atoms with Crippen LogP contribution in [-0.4, -0.2) is 44.4 Å². The Labute approximate surface area is 150 Å². The van der Waals surface area contributed by atoms with Crippen molar-refractivity contribution in [1.82, 2.24) is 15.6 Å². The van der Waals surface area contributed by atoms with Gasteiger partial charge >= 0.3 is 0 Å². The Morgan fingerprint density at radius 1 is 1.32 bits per heavy atom. The number of rotatable bonds is 9. The van der Waals surface area contributed by atoms with Crippen molar-refractivity contribution in [1.29, 1.82) is 0 Å². The topological polar surface area (TPSA) is 67.8 Å². The summed E-state index contributed by atoms with van der Waals surface area (Å²) in [4.78, 5) is 8.70. The van der Waals surface area contributed by atoms with Crippen LogP contribution < -0.4 is 15.4 Å². The number of aliphatic imine (C=N–C) groups is 1. The van der Waals surface area contributed by atoms with Gasteiger partial charge in [-0.15, -0.1) is 24.0 Å². The van der Waals surface area contributed by atoms with Gasteiger partial charge in [0.2, 0.25) is 5.88 Å². The molecule has 0 aliphatic carbocycles. The number of methoxy groups -OCH3 is 1. The van der Waals surface area contributed by atoms with Crippen LogP contribution in [0.2, 0.25) is 0 Å². The molecule has 0 bridgehead atoms. The summed E-state index contributed by atoms with van der Waals surface area (Å²) in [6, 6.07) is 3.86. The Bertz CT molecular complexity index is 430. The molecule has 0 saturated carbocycles. The first-order valence-corrected chi connectivity index (χ1v) is 7.39. The van der Waals surface area contributed by atoms with E-state index in [0.29, 0.717) is 19.0 Å². The highest BCUT2D eigenvalue weighted by molar-refractivity contribution is 14.0. The Morgan fingerprint density at radius 2 is 2.14 bits per heavy atom. The lowest BCUT2D eigenvalue weighted by Crippen LogP contribution is -2.38. The summed E-state index contributed by atoms with van der Waals surface area (Å²) in [5, 5.41) is 6.50. The molecule has 0 aromatic carbocycles. The molecular formula is C15H27IN4O2. The van der Waals surface area contributed by atoms with E-state index in [-0.39, 0.29) is 24.0 Å². The van der Waals surface area contributed by atoms with Crippen LogP contribution >= 0.6 is 24.0 Å². The van der Waals surface area contributed by atoms with Gasteiger partial charge in [0.05, 0.1) is 13.2 Å². The van der Waals surface area contributed by atoms with Gasteiger partial charge in [-0.25, -0.2) is 9.98 Å². The monoisotopic (exact) mass is 422 g/mol. The van der Waals surface area contributed by atoms with Gasteiger partial charge in [-0.05, 0) is 31.9 Å². The molecule has 0 saturated heterocycles. The Kier molecular flexibility index (Phi) is 12.9. The van der Waals surface area contributed by atoms with Crippen molar-refractivity contribution in [3.63, 3.8) is 0 Å². The van der Waals surface area contributed by atoms with Gasteiger partial charge < -0.3 is 20.1 Å². The van der Waals surface area contributed by atoms with Crippen LogP contribution in [0.15, 0.2) is 23.3 Å². The van der Waals surface area contributed by atoms with Gasteiger partial charge in [-0.3, -0.25) is 0 Å². The molecule has 0 fully saturated rings. The van der Waals surface area contributed by atoms with Crippen molar-refractivity contribution in [2.75, 3.05) is 33.4 Å². The zero-order chi connectivity index (χ0) is 15.3.